The molecule has 0 spiro atoms. The van der Waals surface area contributed by atoms with E-state index in [1.54, 1.807) is 12.1 Å². The Balaban J connectivity index is 1.79. The van der Waals surface area contributed by atoms with Gasteiger partial charge in [-0.3, -0.25) is 0 Å². The molecule has 0 amide bonds. The lowest BCUT2D eigenvalue weighted by Gasteiger charge is -2.24. The Hall–Kier alpha value is -1.45. The summed E-state index contributed by atoms with van der Waals surface area (Å²) in [6, 6.07) is 3.48. The van der Waals surface area contributed by atoms with Crippen LogP contribution >= 0.6 is 0 Å². The SMILES string of the molecule is Nc1ccc(OCCC2CCC2)nc1N. The van der Waals surface area contributed by atoms with Crippen LogP contribution in [0.2, 0.25) is 0 Å². The van der Waals surface area contributed by atoms with Gasteiger partial charge >= 0.3 is 0 Å². The first kappa shape index (κ1) is 10.1. The summed E-state index contributed by atoms with van der Waals surface area (Å²) in [5.74, 6) is 1.77. The van der Waals surface area contributed by atoms with E-state index >= 15 is 0 Å². The standard InChI is InChI=1S/C11H17N3O/c12-9-4-5-10(14-11(9)13)15-7-6-8-2-1-3-8/h4-5,8H,1-3,6-7,12H2,(H2,13,14). The summed E-state index contributed by atoms with van der Waals surface area (Å²) < 4.78 is 5.50. The number of nitrogen functional groups attached to an aromatic ring is 2. The zero-order valence-electron chi connectivity index (χ0n) is 8.78. The molecule has 1 fully saturated rings. The second kappa shape index (κ2) is 4.38. The third kappa shape index (κ3) is 2.52. The van der Waals surface area contributed by atoms with Crippen molar-refractivity contribution in [2.45, 2.75) is 25.7 Å². The zero-order chi connectivity index (χ0) is 10.7. The van der Waals surface area contributed by atoms with Crippen LogP contribution in [0.5, 0.6) is 5.88 Å². The maximum Gasteiger partial charge on any atom is 0.215 e. The average molecular weight is 207 g/mol. The molecule has 0 saturated heterocycles. The molecule has 1 heterocycles. The first-order valence-electron chi connectivity index (χ1n) is 5.40. The van der Waals surface area contributed by atoms with Gasteiger partial charge in [-0.25, -0.2) is 0 Å². The lowest BCUT2D eigenvalue weighted by Crippen LogP contribution is -2.14. The summed E-state index contributed by atoms with van der Waals surface area (Å²) >= 11 is 0. The van der Waals surface area contributed by atoms with E-state index in [-0.39, 0.29) is 0 Å². The van der Waals surface area contributed by atoms with Crippen molar-refractivity contribution >= 4 is 11.5 Å². The van der Waals surface area contributed by atoms with E-state index in [0.717, 1.165) is 18.9 Å². The number of nitrogens with zero attached hydrogens (tertiary/aromatic N) is 1. The second-order valence-corrected chi connectivity index (χ2v) is 4.06. The highest BCUT2D eigenvalue weighted by Crippen LogP contribution is 2.29. The molecule has 4 heteroatoms. The number of hydrogen-bond acceptors (Lipinski definition) is 4. The van der Waals surface area contributed by atoms with Crippen molar-refractivity contribution in [3.63, 3.8) is 0 Å². The predicted octanol–water partition coefficient (Wildman–Crippen LogP) is 1.82. The van der Waals surface area contributed by atoms with Crippen LogP contribution in [-0.4, -0.2) is 11.6 Å². The van der Waals surface area contributed by atoms with Crippen molar-refractivity contribution in [3.8, 4) is 5.88 Å². The summed E-state index contributed by atoms with van der Waals surface area (Å²) in [6.45, 7) is 0.723. The molecular formula is C11H17N3O. The van der Waals surface area contributed by atoms with E-state index in [4.69, 9.17) is 16.2 Å². The number of hydrogen-bond donors (Lipinski definition) is 2. The van der Waals surface area contributed by atoms with Crippen LogP contribution in [0.15, 0.2) is 12.1 Å². The minimum absolute atomic E-state index is 0.344. The lowest BCUT2D eigenvalue weighted by molar-refractivity contribution is 0.217. The Morgan fingerprint density at radius 2 is 2.13 bits per heavy atom. The molecule has 1 aromatic heterocycles. The molecule has 1 aliphatic carbocycles. The van der Waals surface area contributed by atoms with E-state index in [0.29, 0.717) is 17.4 Å². The number of anilines is 2. The first-order valence-corrected chi connectivity index (χ1v) is 5.40. The van der Waals surface area contributed by atoms with Gasteiger partial charge in [-0.05, 0) is 18.4 Å². The van der Waals surface area contributed by atoms with Gasteiger partial charge in [-0.1, -0.05) is 19.3 Å². The molecule has 0 aromatic carbocycles. The molecule has 15 heavy (non-hydrogen) atoms. The summed E-state index contributed by atoms with van der Waals surface area (Å²) in [5.41, 5.74) is 11.6. The van der Waals surface area contributed by atoms with Gasteiger partial charge in [-0.15, -0.1) is 0 Å². The summed E-state index contributed by atoms with van der Waals surface area (Å²) in [5, 5.41) is 0. The van der Waals surface area contributed by atoms with Crippen molar-refractivity contribution in [2.24, 2.45) is 5.92 Å². The van der Waals surface area contributed by atoms with Gasteiger partial charge in [0.15, 0.2) is 5.82 Å². The molecule has 4 N–H and O–H groups in total. The van der Waals surface area contributed by atoms with Gasteiger partial charge < -0.3 is 16.2 Å². The van der Waals surface area contributed by atoms with Crippen molar-refractivity contribution < 1.29 is 4.74 Å². The Morgan fingerprint density at radius 3 is 2.73 bits per heavy atom. The maximum absolute atomic E-state index is 5.57. The molecule has 4 nitrogen and oxygen atoms in total. The summed E-state index contributed by atoms with van der Waals surface area (Å²) in [4.78, 5) is 4.04. The Labute approximate surface area is 89.6 Å². The highest BCUT2D eigenvalue weighted by atomic mass is 16.5. The molecule has 1 aliphatic rings. The fraction of sp³-hybridized carbons (Fsp3) is 0.545. The van der Waals surface area contributed by atoms with E-state index in [9.17, 15) is 0 Å². The van der Waals surface area contributed by atoms with Crippen molar-refractivity contribution in [3.05, 3.63) is 12.1 Å². The van der Waals surface area contributed by atoms with Gasteiger partial charge in [0.2, 0.25) is 5.88 Å². The van der Waals surface area contributed by atoms with E-state index in [1.165, 1.54) is 19.3 Å². The van der Waals surface area contributed by atoms with Gasteiger partial charge in [0.25, 0.3) is 0 Å². The first-order chi connectivity index (χ1) is 7.25. The van der Waals surface area contributed by atoms with Gasteiger partial charge in [0.05, 0.1) is 12.3 Å². The molecule has 1 saturated carbocycles. The van der Waals surface area contributed by atoms with Crippen molar-refractivity contribution in [1.82, 2.24) is 4.98 Å². The number of rotatable bonds is 4. The predicted molar refractivity (Wildman–Crippen MR) is 60.5 cm³/mol. The molecule has 82 valence electrons. The quantitative estimate of drug-likeness (QED) is 0.789. The molecule has 1 aromatic rings. The largest absolute Gasteiger partial charge is 0.478 e. The second-order valence-electron chi connectivity index (χ2n) is 4.06. The molecule has 0 unspecified atom stereocenters. The topological polar surface area (TPSA) is 74.2 Å². The Kier molecular flexibility index (Phi) is 2.94. The van der Waals surface area contributed by atoms with Gasteiger partial charge in [-0.2, -0.15) is 4.98 Å². The highest BCUT2D eigenvalue weighted by molar-refractivity contribution is 5.58. The normalized spacial score (nSPS) is 16.0. The average Bonchev–Trinajstić information content (AvgIpc) is 2.15. The third-order valence-corrected chi connectivity index (χ3v) is 2.93. The number of ether oxygens (including phenoxy) is 1. The van der Waals surface area contributed by atoms with Crippen LogP contribution in [0.1, 0.15) is 25.7 Å². The number of aromatic nitrogens is 1. The molecule has 0 bridgehead atoms. The van der Waals surface area contributed by atoms with E-state index < -0.39 is 0 Å². The highest BCUT2D eigenvalue weighted by Gasteiger charge is 2.16. The number of pyridine rings is 1. The fourth-order valence-electron chi connectivity index (χ4n) is 1.66. The van der Waals surface area contributed by atoms with Gasteiger partial charge in [0.1, 0.15) is 0 Å². The molecule has 0 atom stereocenters. The van der Waals surface area contributed by atoms with Crippen LogP contribution in [-0.2, 0) is 0 Å². The van der Waals surface area contributed by atoms with Crippen LogP contribution in [0, 0.1) is 5.92 Å². The van der Waals surface area contributed by atoms with E-state index in [2.05, 4.69) is 4.98 Å². The van der Waals surface area contributed by atoms with Gasteiger partial charge in [0, 0.05) is 6.07 Å². The smallest absolute Gasteiger partial charge is 0.215 e. The fourth-order valence-corrected chi connectivity index (χ4v) is 1.66. The van der Waals surface area contributed by atoms with Crippen LogP contribution < -0.4 is 16.2 Å². The van der Waals surface area contributed by atoms with Crippen LogP contribution in [0.25, 0.3) is 0 Å². The Bertz CT molecular complexity index is 337. The molecule has 0 aliphatic heterocycles. The summed E-state index contributed by atoms with van der Waals surface area (Å²) in [7, 11) is 0. The van der Waals surface area contributed by atoms with E-state index in [1.807, 2.05) is 0 Å². The zero-order valence-corrected chi connectivity index (χ0v) is 8.78. The molecule has 2 rings (SSSR count). The van der Waals surface area contributed by atoms with Crippen LogP contribution in [0.4, 0.5) is 11.5 Å². The van der Waals surface area contributed by atoms with Crippen molar-refractivity contribution in [2.75, 3.05) is 18.1 Å². The molecular weight excluding hydrogens is 190 g/mol. The Morgan fingerprint density at radius 1 is 1.33 bits per heavy atom. The minimum Gasteiger partial charge on any atom is -0.478 e. The summed E-state index contributed by atoms with van der Waals surface area (Å²) in [6.07, 6.45) is 5.19. The monoisotopic (exact) mass is 207 g/mol. The molecule has 0 radical (unpaired) electrons. The van der Waals surface area contributed by atoms with Crippen LogP contribution in [0.3, 0.4) is 0 Å². The minimum atomic E-state index is 0.344. The lowest BCUT2D eigenvalue weighted by atomic mass is 9.83. The third-order valence-electron chi connectivity index (χ3n) is 2.93. The maximum atomic E-state index is 5.57. The number of nitrogens with two attached hydrogens (primary N) is 2. The van der Waals surface area contributed by atoms with Crippen molar-refractivity contribution in [1.29, 1.82) is 0 Å².